The summed E-state index contributed by atoms with van der Waals surface area (Å²) in [6.45, 7) is 1.76. The second kappa shape index (κ2) is 6.25. The molecule has 1 saturated heterocycles. The third-order valence-corrected chi connectivity index (χ3v) is 4.35. The molecule has 108 valence electrons. The molecule has 1 N–H and O–H groups in total. The zero-order valence-electron chi connectivity index (χ0n) is 12.0. The Bertz CT molecular complexity index is 445. The van der Waals surface area contributed by atoms with Crippen LogP contribution in [0.5, 0.6) is 0 Å². The predicted octanol–water partition coefficient (Wildman–Crippen LogP) is 3.06. The van der Waals surface area contributed by atoms with E-state index in [1.807, 2.05) is 17.0 Å². The van der Waals surface area contributed by atoms with Crippen LogP contribution in [-0.4, -0.2) is 34.9 Å². The number of nitrogens with one attached hydrogen (secondary N) is 1. The normalized spacial score (nSPS) is 20.1. The summed E-state index contributed by atoms with van der Waals surface area (Å²) < 4.78 is 0. The van der Waals surface area contributed by atoms with Gasteiger partial charge in [0.05, 0.1) is 11.9 Å². The van der Waals surface area contributed by atoms with Crippen molar-refractivity contribution in [3.05, 3.63) is 24.0 Å². The molecule has 2 heterocycles. The molecule has 1 saturated carbocycles. The number of anilines is 1. The first-order valence-corrected chi connectivity index (χ1v) is 7.85. The van der Waals surface area contributed by atoms with E-state index in [0.717, 1.165) is 31.6 Å². The minimum Gasteiger partial charge on any atom is -0.381 e. The molecule has 1 aliphatic carbocycles. The Balaban J connectivity index is 1.60. The molecule has 1 aromatic heterocycles. The lowest BCUT2D eigenvalue weighted by atomic mass is 9.95. The van der Waals surface area contributed by atoms with Crippen LogP contribution in [0.1, 0.15) is 55.4 Å². The van der Waals surface area contributed by atoms with Gasteiger partial charge in [-0.3, -0.25) is 4.79 Å². The fourth-order valence-corrected chi connectivity index (χ4v) is 3.17. The van der Waals surface area contributed by atoms with E-state index in [9.17, 15) is 4.79 Å². The highest BCUT2D eigenvalue weighted by molar-refractivity contribution is 5.92. The van der Waals surface area contributed by atoms with Gasteiger partial charge in [0.25, 0.3) is 5.91 Å². The highest BCUT2D eigenvalue weighted by atomic mass is 16.2. The lowest BCUT2D eigenvalue weighted by Gasteiger charge is -2.23. The van der Waals surface area contributed by atoms with E-state index in [1.54, 1.807) is 6.20 Å². The first-order chi connectivity index (χ1) is 9.83. The van der Waals surface area contributed by atoms with Gasteiger partial charge in [0.1, 0.15) is 5.69 Å². The van der Waals surface area contributed by atoms with Gasteiger partial charge in [0, 0.05) is 19.1 Å². The van der Waals surface area contributed by atoms with E-state index in [4.69, 9.17) is 0 Å². The summed E-state index contributed by atoms with van der Waals surface area (Å²) in [5.74, 6) is 0.0757. The Morgan fingerprint density at radius 1 is 1.10 bits per heavy atom. The molecule has 1 amide bonds. The van der Waals surface area contributed by atoms with E-state index in [-0.39, 0.29) is 5.91 Å². The Morgan fingerprint density at radius 2 is 1.85 bits per heavy atom. The monoisotopic (exact) mass is 273 g/mol. The minimum atomic E-state index is 0.0757. The molecule has 0 atom stereocenters. The van der Waals surface area contributed by atoms with E-state index in [2.05, 4.69) is 10.3 Å². The molecule has 1 aliphatic heterocycles. The number of amides is 1. The molecule has 0 unspecified atom stereocenters. The van der Waals surface area contributed by atoms with Crippen molar-refractivity contribution >= 4 is 11.6 Å². The third kappa shape index (κ3) is 3.11. The zero-order valence-corrected chi connectivity index (χ0v) is 12.0. The smallest absolute Gasteiger partial charge is 0.272 e. The van der Waals surface area contributed by atoms with Crippen molar-refractivity contribution in [1.82, 2.24) is 9.88 Å². The highest BCUT2D eigenvalue weighted by Gasteiger charge is 2.20. The van der Waals surface area contributed by atoms with Crippen LogP contribution in [0.2, 0.25) is 0 Å². The summed E-state index contributed by atoms with van der Waals surface area (Å²) in [7, 11) is 0. The molecular weight excluding hydrogens is 250 g/mol. The van der Waals surface area contributed by atoms with Crippen molar-refractivity contribution in [2.75, 3.05) is 18.4 Å². The Kier molecular flexibility index (Phi) is 4.19. The van der Waals surface area contributed by atoms with Crippen LogP contribution in [0.4, 0.5) is 5.69 Å². The lowest BCUT2D eigenvalue weighted by Crippen LogP contribution is -2.28. The van der Waals surface area contributed by atoms with Gasteiger partial charge in [0.2, 0.25) is 0 Å². The van der Waals surface area contributed by atoms with Gasteiger partial charge in [0.15, 0.2) is 0 Å². The number of rotatable bonds is 3. The topological polar surface area (TPSA) is 45.2 Å². The standard InChI is InChI=1S/C16H23N3O/c20-16(19-10-4-5-11-19)15-9-8-14(12-17-15)18-13-6-2-1-3-7-13/h8-9,12-13,18H,1-7,10-11H2. The number of carbonyl (C=O) groups is 1. The van der Waals surface area contributed by atoms with E-state index in [1.165, 1.54) is 32.1 Å². The summed E-state index contributed by atoms with van der Waals surface area (Å²) in [5.41, 5.74) is 1.61. The summed E-state index contributed by atoms with van der Waals surface area (Å²) in [4.78, 5) is 18.4. The second-order valence-corrected chi connectivity index (χ2v) is 5.91. The van der Waals surface area contributed by atoms with Crippen LogP contribution >= 0.6 is 0 Å². The van der Waals surface area contributed by atoms with E-state index >= 15 is 0 Å². The summed E-state index contributed by atoms with van der Waals surface area (Å²) >= 11 is 0. The number of hydrogen-bond acceptors (Lipinski definition) is 3. The van der Waals surface area contributed by atoms with Gasteiger partial charge in [-0.2, -0.15) is 0 Å². The van der Waals surface area contributed by atoms with Gasteiger partial charge in [-0.05, 0) is 37.8 Å². The molecule has 2 aliphatic rings. The molecule has 0 spiro atoms. The first kappa shape index (κ1) is 13.4. The maximum atomic E-state index is 12.2. The van der Waals surface area contributed by atoms with E-state index < -0.39 is 0 Å². The van der Waals surface area contributed by atoms with Gasteiger partial charge < -0.3 is 10.2 Å². The molecule has 4 nitrogen and oxygen atoms in total. The van der Waals surface area contributed by atoms with Gasteiger partial charge in [-0.1, -0.05) is 19.3 Å². The molecule has 1 aromatic rings. The molecule has 0 aromatic carbocycles. The van der Waals surface area contributed by atoms with E-state index in [0.29, 0.717) is 11.7 Å². The van der Waals surface area contributed by atoms with Crippen molar-refractivity contribution in [3.63, 3.8) is 0 Å². The molecule has 0 radical (unpaired) electrons. The Morgan fingerprint density at radius 3 is 2.50 bits per heavy atom. The fraction of sp³-hybridized carbons (Fsp3) is 0.625. The molecule has 4 heteroatoms. The molecule has 0 bridgehead atoms. The van der Waals surface area contributed by atoms with Crippen molar-refractivity contribution in [3.8, 4) is 0 Å². The quantitative estimate of drug-likeness (QED) is 0.920. The number of nitrogens with zero attached hydrogens (tertiary/aromatic N) is 2. The van der Waals surface area contributed by atoms with Crippen LogP contribution in [-0.2, 0) is 0 Å². The molecule has 3 rings (SSSR count). The predicted molar refractivity (Wildman–Crippen MR) is 79.9 cm³/mol. The number of aromatic nitrogens is 1. The number of pyridine rings is 1. The summed E-state index contributed by atoms with van der Waals surface area (Å²) in [6.07, 6.45) is 10.5. The van der Waals surface area contributed by atoms with Crippen molar-refractivity contribution in [1.29, 1.82) is 0 Å². The van der Waals surface area contributed by atoms with Gasteiger partial charge in [-0.15, -0.1) is 0 Å². The maximum absolute atomic E-state index is 12.2. The Labute approximate surface area is 120 Å². The first-order valence-electron chi connectivity index (χ1n) is 7.85. The van der Waals surface area contributed by atoms with Crippen LogP contribution in [0.25, 0.3) is 0 Å². The largest absolute Gasteiger partial charge is 0.381 e. The average Bonchev–Trinajstić information content (AvgIpc) is 3.03. The maximum Gasteiger partial charge on any atom is 0.272 e. The summed E-state index contributed by atoms with van der Waals surface area (Å²) in [5, 5.41) is 3.53. The number of likely N-dealkylation sites (tertiary alicyclic amines) is 1. The van der Waals surface area contributed by atoms with Crippen LogP contribution in [0.15, 0.2) is 18.3 Å². The van der Waals surface area contributed by atoms with Crippen molar-refractivity contribution < 1.29 is 4.79 Å². The Hall–Kier alpha value is -1.58. The third-order valence-electron chi connectivity index (χ3n) is 4.35. The van der Waals surface area contributed by atoms with Gasteiger partial charge >= 0.3 is 0 Å². The summed E-state index contributed by atoms with van der Waals surface area (Å²) in [6, 6.07) is 4.42. The second-order valence-electron chi connectivity index (χ2n) is 5.91. The van der Waals surface area contributed by atoms with Crippen molar-refractivity contribution in [2.24, 2.45) is 0 Å². The average molecular weight is 273 g/mol. The zero-order chi connectivity index (χ0) is 13.8. The SMILES string of the molecule is O=C(c1ccc(NC2CCCCC2)cn1)N1CCCC1. The molecule has 2 fully saturated rings. The fourth-order valence-electron chi connectivity index (χ4n) is 3.17. The van der Waals surface area contributed by atoms with Crippen LogP contribution < -0.4 is 5.32 Å². The van der Waals surface area contributed by atoms with Gasteiger partial charge in [-0.25, -0.2) is 4.98 Å². The minimum absolute atomic E-state index is 0.0757. The van der Waals surface area contributed by atoms with Crippen LogP contribution in [0, 0.1) is 0 Å². The van der Waals surface area contributed by atoms with Crippen LogP contribution in [0.3, 0.4) is 0 Å². The lowest BCUT2D eigenvalue weighted by molar-refractivity contribution is 0.0787. The number of hydrogen-bond donors (Lipinski definition) is 1. The highest BCUT2D eigenvalue weighted by Crippen LogP contribution is 2.21. The number of carbonyl (C=O) groups excluding carboxylic acids is 1. The molecular formula is C16H23N3O. The molecule has 20 heavy (non-hydrogen) atoms. The van der Waals surface area contributed by atoms with Crippen molar-refractivity contribution in [2.45, 2.75) is 51.0 Å².